The number of amides is 1. The molecule has 0 saturated heterocycles. The molecule has 0 aromatic carbocycles. The number of hydrogen-bond acceptors (Lipinski definition) is 3. The monoisotopic (exact) mass is 223 g/mol. The van der Waals surface area contributed by atoms with Crippen LogP contribution in [0, 0.1) is 6.92 Å². The molecule has 1 N–H and O–H groups in total. The zero-order chi connectivity index (χ0) is 11.7. The quantitative estimate of drug-likeness (QED) is 0.800. The zero-order valence-corrected chi connectivity index (χ0v) is 9.68. The van der Waals surface area contributed by atoms with Crippen LogP contribution < -0.4 is 0 Å². The molecular formula is C11H17N3O2. The van der Waals surface area contributed by atoms with Gasteiger partial charge < -0.3 is 10.0 Å². The summed E-state index contributed by atoms with van der Waals surface area (Å²) in [6, 6.07) is 0.319. The minimum atomic E-state index is -0.0119. The van der Waals surface area contributed by atoms with E-state index in [9.17, 15) is 4.79 Å². The number of aryl methyl sites for hydroxylation is 1. The highest BCUT2D eigenvalue weighted by molar-refractivity contribution is 5.95. The van der Waals surface area contributed by atoms with Crippen LogP contribution in [0.3, 0.4) is 0 Å². The molecule has 0 spiro atoms. The highest BCUT2D eigenvalue weighted by atomic mass is 16.3. The molecule has 16 heavy (non-hydrogen) atoms. The number of aliphatic hydroxyl groups excluding tert-OH is 1. The molecule has 1 fully saturated rings. The van der Waals surface area contributed by atoms with Crippen LogP contribution in [0.15, 0.2) is 6.20 Å². The zero-order valence-electron chi connectivity index (χ0n) is 9.68. The number of aromatic nitrogens is 2. The second-order valence-corrected chi connectivity index (χ2v) is 4.22. The van der Waals surface area contributed by atoms with Gasteiger partial charge in [-0.25, -0.2) is 0 Å². The van der Waals surface area contributed by atoms with Crippen molar-refractivity contribution in [2.24, 2.45) is 7.05 Å². The summed E-state index contributed by atoms with van der Waals surface area (Å²) in [6.07, 6.45) is 3.69. The van der Waals surface area contributed by atoms with Gasteiger partial charge in [-0.05, 0) is 19.8 Å². The Morgan fingerprint density at radius 1 is 1.69 bits per heavy atom. The summed E-state index contributed by atoms with van der Waals surface area (Å²) in [5.74, 6) is -0.0119. The molecule has 1 heterocycles. The van der Waals surface area contributed by atoms with Crippen molar-refractivity contribution < 1.29 is 9.90 Å². The van der Waals surface area contributed by atoms with Gasteiger partial charge in [0.1, 0.15) is 0 Å². The van der Waals surface area contributed by atoms with Crippen LogP contribution in [-0.4, -0.2) is 44.9 Å². The Labute approximate surface area is 94.7 Å². The van der Waals surface area contributed by atoms with Crippen LogP contribution >= 0.6 is 0 Å². The molecule has 0 unspecified atom stereocenters. The summed E-state index contributed by atoms with van der Waals surface area (Å²) in [5, 5.41) is 13.0. The molecule has 0 atom stereocenters. The third-order valence-electron chi connectivity index (χ3n) is 3.06. The predicted molar refractivity (Wildman–Crippen MR) is 59.1 cm³/mol. The maximum Gasteiger partial charge on any atom is 0.257 e. The van der Waals surface area contributed by atoms with E-state index < -0.39 is 0 Å². The third kappa shape index (κ3) is 1.95. The van der Waals surface area contributed by atoms with E-state index >= 15 is 0 Å². The van der Waals surface area contributed by atoms with Crippen LogP contribution in [0.2, 0.25) is 0 Å². The van der Waals surface area contributed by atoms with Crippen molar-refractivity contribution in [3.8, 4) is 0 Å². The predicted octanol–water partition coefficient (Wildman–Crippen LogP) is 0.325. The summed E-state index contributed by atoms with van der Waals surface area (Å²) in [4.78, 5) is 14.0. The lowest BCUT2D eigenvalue weighted by Crippen LogP contribution is -2.35. The number of nitrogens with zero attached hydrogens (tertiary/aromatic N) is 3. The SMILES string of the molecule is Cc1c(C(=O)N(CCO)C2CC2)cnn1C. The highest BCUT2D eigenvalue weighted by Gasteiger charge is 2.33. The third-order valence-corrected chi connectivity index (χ3v) is 3.06. The van der Waals surface area contributed by atoms with E-state index in [1.165, 1.54) is 0 Å². The van der Waals surface area contributed by atoms with Gasteiger partial charge in [0.15, 0.2) is 0 Å². The summed E-state index contributed by atoms with van der Waals surface area (Å²) in [6.45, 7) is 2.31. The minimum Gasteiger partial charge on any atom is -0.395 e. The smallest absolute Gasteiger partial charge is 0.257 e. The van der Waals surface area contributed by atoms with Crippen molar-refractivity contribution in [2.75, 3.05) is 13.2 Å². The molecule has 1 aromatic heterocycles. The van der Waals surface area contributed by atoms with E-state index in [2.05, 4.69) is 5.10 Å². The molecule has 5 heteroatoms. The molecule has 5 nitrogen and oxygen atoms in total. The molecule has 0 bridgehead atoms. The van der Waals surface area contributed by atoms with Crippen LogP contribution in [0.1, 0.15) is 28.9 Å². The Morgan fingerprint density at radius 3 is 2.81 bits per heavy atom. The molecule has 1 aliphatic rings. The van der Waals surface area contributed by atoms with Gasteiger partial charge in [-0.15, -0.1) is 0 Å². The van der Waals surface area contributed by atoms with Crippen molar-refractivity contribution in [1.29, 1.82) is 0 Å². The topological polar surface area (TPSA) is 58.4 Å². The fourth-order valence-electron chi connectivity index (χ4n) is 1.81. The van der Waals surface area contributed by atoms with E-state index in [1.54, 1.807) is 15.8 Å². The molecule has 1 saturated carbocycles. The Bertz CT molecular complexity index is 396. The van der Waals surface area contributed by atoms with Gasteiger partial charge in [0, 0.05) is 25.3 Å². The molecule has 1 aromatic rings. The van der Waals surface area contributed by atoms with E-state index in [-0.39, 0.29) is 12.5 Å². The fourth-order valence-corrected chi connectivity index (χ4v) is 1.81. The van der Waals surface area contributed by atoms with E-state index in [4.69, 9.17) is 5.11 Å². The molecular weight excluding hydrogens is 206 g/mol. The van der Waals surface area contributed by atoms with Gasteiger partial charge in [0.05, 0.1) is 18.4 Å². The van der Waals surface area contributed by atoms with Gasteiger partial charge in [-0.2, -0.15) is 5.10 Å². The minimum absolute atomic E-state index is 0.0119. The fraction of sp³-hybridized carbons (Fsp3) is 0.636. The Balaban J connectivity index is 2.18. The maximum atomic E-state index is 12.2. The number of carbonyl (C=O) groups excluding carboxylic acids is 1. The first-order valence-electron chi connectivity index (χ1n) is 5.55. The van der Waals surface area contributed by atoms with Crippen molar-refractivity contribution in [1.82, 2.24) is 14.7 Å². The number of aliphatic hydroxyl groups is 1. The Hall–Kier alpha value is -1.36. The number of hydrogen-bond donors (Lipinski definition) is 1. The molecule has 2 rings (SSSR count). The van der Waals surface area contributed by atoms with Gasteiger partial charge >= 0.3 is 0 Å². The Morgan fingerprint density at radius 2 is 2.38 bits per heavy atom. The normalized spacial score (nSPS) is 15.2. The Kier molecular flexibility index (Phi) is 2.96. The average molecular weight is 223 g/mol. The van der Waals surface area contributed by atoms with Crippen LogP contribution in [0.5, 0.6) is 0 Å². The summed E-state index contributed by atoms with van der Waals surface area (Å²) < 4.78 is 1.69. The second kappa shape index (κ2) is 4.25. The lowest BCUT2D eigenvalue weighted by molar-refractivity contribution is 0.0707. The van der Waals surface area contributed by atoms with Gasteiger partial charge in [-0.3, -0.25) is 9.48 Å². The first-order chi connectivity index (χ1) is 7.65. The summed E-state index contributed by atoms with van der Waals surface area (Å²) in [7, 11) is 1.82. The van der Waals surface area contributed by atoms with Crippen LogP contribution in [-0.2, 0) is 7.05 Å². The first-order valence-corrected chi connectivity index (χ1v) is 5.55. The van der Waals surface area contributed by atoms with Gasteiger partial charge in [0.25, 0.3) is 5.91 Å². The van der Waals surface area contributed by atoms with Crippen LogP contribution in [0.4, 0.5) is 0 Å². The van der Waals surface area contributed by atoms with Crippen LogP contribution in [0.25, 0.3) is 0 Å². The first kappa shape index (κ1) is 11.1. The molecule has 1 aliphatic carbocycles. The van der Waals surface area contributed by atoms with E-state index in [0.717, 1.165) is 18.5 Å². The largest absolute Gasteiger partial charge is 0.395 e. The molecule has 1 amide bonds. The summed E-state index contributed by atoms with van der Waals surface area (Å²) in [5.41, 5.74) is 1.51. The van der Waals surface area contributed by atoms with Crippen molar-refractivity contribution >= 4 is 5.91 Å². The lowest BCUT2D eigenvalue weighted by Gasteiger charge is -2.20. The summed E-state index contributed by atoms with van der Waals surface area (Å²) >= 11 is 0. The van der Waals surface area contributed by atoms with Crippen molar-refractivity contribution in [3.63, 3.8) is 0 Å². The lowest BCUT2D eigenvalue weighted by atomic mass is 10.2. The number of carbonyl (C=O) groups is 1. The maximum absolute atomic E-state index is 12.2. The van der Waals surface area contributed by atoms with Gasteiger partial charge in [-0.1, -0.05) is 0 Å². The second-order valence-electron chi connectivity index (χ2n) is 4.22. The number of rotatable bonds is 4. The molecule has 0 aliphatic heterocycles. The van der Waals surface area contributed by atoms with Crippen molar-refractivity contribution in [3.05, 3.63) is 17.5 Å². The van der Waals surface area contributed by atoms with E-state index in [0.29, 0.717) is 18.2 Å². The van der Waals surface area contributed by atoms with Crippen molar-refractivity contribution in [2.45, 2.75) is 25.8 Å². The van der Waals surface area contributed by atoms with E-state index in [1.807, 2.05) is 14.0 Å². The standard InChI is InChI=1S/C11H17N3O2/c1-8-10(7-12-13(8)2)11(16)14(5-6-15)9-3-4-9/h7,9,15H,3-6H2,1-2H3. The average Bonchev–Trinajstić information content (AvgIpc) is 3.04. The molecule has 88 valence electrons. The van der Waals surface area contributed by atoms with Gasteiger partial charge in [0.2, 0.25) is 0 Å². The molecule has 0 radical (unpaired) electrons. The highest BCUT2D eigenvalue weighted by Crippen LogP contribution is 2.28.